The van der Waals surface area contributed by atoms with Crippen LogP contribution in [0, 0.1) is 22.0 Å². The summed E-state index contributed by atoms with van der Waals surface area (Å²) in [4.78, 5) is 66.4. The number of fused-ring (bicyclic) bond motifs is 3. The standard InChI is InChI=1S/C26H15ClN2O7/c27-14-7-11-15(12-8-14)28-24(32)19-20(25(28)33)26(22(30)17-3-1-2-4-18(17)23(26)31)36-21(19)13-5-9-16(10-6-13)29(34)35/h1-12,19-21H. The van der Waals surface area contributed by atoms with Crippen molar-refractivity contribution in [2.75, 3.05) is 4.90 Å². The van der Waals surface area contributed by atoms with Crippen LogP contribution in [0.25, 0.3) is 0 Å². The number of carbonyl (C=O) groups excluding carboxylic acids is 4. The van der Waals surface area contributed by atoms with E-state index in [1.54, 1.807) is 12.1 Å². The van der Waals surface area contributed by atoms with Crippen LogP contribution >= 0.6 is 11.6 Å². The average Bonchev–Trinajstić information content (AvgIpc) is 3.45. The maximum absolute atomic E-state index is 13.8. The number of amides is 2. The Hall–Kier alpha value is -4.21. The summed E-state index contributed by atoms with van der Waals surface area (Å²) in [6, 6.07) is 17.5. The number of non-ortho nitro benzene ring substituents is 1. The number of ether oxygens (including phenoxy) is 1. The van der Waals surface area contributed by atoms with Crippen molar-refractivity contribution in [2.24, 2.45) is 11.8 Å². The number of nitro groups is 1. The number of rotatable bonds is 3. The number of halogens is 1. The van der Waals surface area contributed by atoms with E-state index in [2.05, 4.69) is 0 Å². The topological polar surface area (TPSA) is 124 Å². The number of nitrogens with zero attached hydrogens (tertiary/aromatic N) is 2. The molecule has 0 radical (unpaired) electrons. The smallest absolute Gasteiger partial charge is 0.269 e. The van der Waals surface area contributed by atoms with Crippen LogP contribution in [0.15, 0.2) is 72.8 Å². The molecule has 3 atom stereocenters. The van der Waals surface area contributed by atoms with Crippen LogP contribution in [0.3, 0.4) is 0 Å². The van der Waals surface area contributed by atoms with Crippen LogP contribution in [0.2, 0.25) is 5.02 Å². The number of benzene rings is 3. The lowest BCUT2D eigenvalue weighted by molar-refractivity contribution is -0.384. The predicted octanol–water partition coefficient (Wildman–Crippen LogP) is 3.94. The van der Waals surface area contributed by atoms with Gasteiger partial charge in [-0.15, -0.1) is 0 Å². The van der Waals surface area contributed by atoms with Crippen LogP contribution in [-0.2, 0) is 14.3 Å². The summed E-state index contributed by atoms with van der Waals surface area (Å²) in [6.45, 7) is 0. The lowest BCUT2D eigenvalue weighted by Gasteiger charge is -2.27. The van der Waals surface area contributed by atoms with Gasteiger partial charge in [0.15, 0.2) is 0 Å². The SMILES string of the molecule is O=C1C2C(c3ccc([N+](=O)[O-])cc3)OC3(C(=O)c4ccccc4C3=O)C2C(=O)N1c1ccc(Cl)cc1. The fourth-order valence-corrected chi connectivity index (χ4v) is 5.57. The third-order valence-corrected chi connectivity index (χ3v) is 7.29. The Morgan fingerprint density at radius 1 is 0.833 bits per heavy atom. The Bertz CT molecular complexity index is 1460. The molecule has 10 heteroatoms. The van der Waals surface area contributed by atoms with Gasteiger partial charge in [-0.25, -0.2) is 4.90 Å². The second-order valence-electron chi connectivity index (χ2n) is 8.82. The van der Waals surface area contributed by atoms with Gasteiger partial charge in [-0.2, -0.15) is 0 Å². The molecule has 9 nitrogen and oxygen atoms in total. The van der Waals surface area contributed by atoms with E-state index in [-0.39, 0.29) is 22.5 Å². The summed E-state index contributed by atoms with van der Waals surface area (Å²) < 4.78 is 6.16. The van der Waals surface area contributed by atoms with Gasteiger partial charge >= 0.3 is 0 Å². The van der Waals surface area contributed by atoms with Crippen LogP contribution in [0.1, 0.15) is 32.4 Å². The summed E-state index contributed by atoms with van der Waals surface area (Å²) in [7, 11) is 0. The molecule has 6 rings (SSSR count). The van der Waals surface area contributed by atoms with Gasteiger partial charge in [-0.1, -0.05) is 35.9 Å². The number of imide groups is 1. The molecule has 0 bridgehead atoms. The van der Waals surface area contributed by atoms with Crippen molar-refractivity contribution in [3.05, 3.63) is 105 Å². The Morgan fingerprint density at radius 3 is 1.97 bits per heavy atom. The van der Waals surface area contributed by atoms with Gasteiger partial charge in [-0.05, 0) is 42.0 Å². The summed E-state index contributed by atoms with van der Waals surface area (Å²) in [5.74, 6) is -5.33. The number of Topliss-reactive ketones (excluding diaryl/α,β-unsaturated/α-hetero) is 2. The molecule has 3 aliphatic rings. The van der Waals surface area contributed by atoms with Crippen molar-refractivity contribution in [3.63, 3.8) is 0 Å². The molecule has 1 aliphatic carbocycles. The van der Waals surface area contributed by atoms with Crippen LogP contribution < -0.4 is 4.90 Å². The zero-order valence-electron chi connectivity index (χ0n) is 18.3. The fourth-order valence-electron chi connectivity index (χ4n) is 5.45. The quantitative estimate of drug-likeness (QED) is 0.230. The summed E-state index contributed by atoms with van der Waals surface area (Å²) in [5, 5.41) is 11.5. The number of ketones is 2. The minimum Gasteiger partial charge on any atom is -0.349 e. The zero-order chi connectivity index (χ0) is 25.4. The van der Waals surface area contributed by atoms with E-state index < -0.39 is 51.8 Å². The van der Waals surface area contributed by atoms with Gasteiger partial charge in [0, 0.05) is 28.3 Å². The second kappa shape index (κ2) is 7.64. The van der Waals surface area contributed by atoms with Crippen molar-refractivity contribution in [1.29, 1.82) is 0 Å². The molecule has 2 saturated heterocycles. The average molecular weight is 503 g/mol. The van der Waals surface area contributed by atoms with E-state index in [4.69, 9.17) is 16.3 Å². The van der Waals surface area contributed by atoms with Gasteiger partial charge in [0.05, 0.1) is 28.6 Å². The molecular weight excluding hydrogens is 488 g/mol. The van der Waals surface area contributed by atoms with Crippen LogP contribution in [0.5, 0.6) is 0 Å². The first-order valence-corrected chi connectivity index (χ1v) is 11.4. The first-order chi connectivity index (χ1) is 17.3. The monoisotopic (exact) mass is 502 g/mol. The Kier molecular flexibility index (Phi) is 4.73. The molecule has 0 N–H and O–H groups in total. The normalized spacial score (nSPS) is 23.9. The molecule has 1 spiro atoms. The van der Waals surface area contributed by atoms with Crippen LogP contribution in [0.4, 0.5) is 11.4 Å². The molecule has 2 heterocycles. The second-order valence-corrected chi connectivity index (χ2v) is 9.25. The van der Waals surface area contributed by atoms with Crippen molar-refractivity contribution in [1.82, 2.24) is 0 Å². The molecular formula is C26H15ClN2O7. The lowest BCUT2D eigenvalue weighted by atomic mass is 9.77. The third kappa shape index (κ3) is 2.81. The highest BCUT2D eigenvalue weighted by atomic mass is 35.5. The van der Waals surface area contributed by atoms with E-state index in [1.807, 2.05) is 0 Å². The highest BCUT2D eigenvalue weighted by molar-refractivity contribution is 6.37. The number of hydrogen-bond acceptors (Lipinski definition) is 7. The van der Waals surface area contributed by atoms with Crippen LogP contribution in [-0.4, -0.2) is 33.9 Å². The molecule has 2 fully saturated rings. The third-order valence-electron chi connectivity index (χ3n) is 7.04. The minimum absolute atomic E-state index is 0.121. The molecule has 36 heavy (non-hydrogen) atoms. The maximum Gasteiger partial charge on any atom is 0.269 e. The fraction of sp³-hybridized carbons (Fsp3) is 0.154. The van der Waals surface area contributed by atoms with Crippen molar-refractivity contribution >= 4 is 46.4 Å². The Morgan fingerprint density at radius 2 is 1.42 bits per heavy atom. The number of anilines is 1. The van der Waals surface area contributed by atoms with Gasteiger partial charge in [0.25, 0.3) is 5.69 Å². The summed E-state index contributed by atoms with van der Waals surface area (Å²) >= 11 is 5.97. The van der Waals surface area contributed by atoms with Gasteiger partial charge in [0.1, 0.15) is 0 Å². The molecule has 0 saturated carbocycles. The molecule has 0 aromatic heterocycles. The van der Waals surface area contributed by atoms with E-state index in [0.29, 0.717) is 10.6 Å². The molecule has 3 unspecified atom stereocenters. The van der Waals surface area contributed by atoms with Gasteiger partial charge in [0.2, 0.25) is 29.0 Å². The first-order valence-electron chi connectivity index (χ1n) is 11.0. The first kappa shape index (κ1) is 22.3. The van der Waals surface area contributed by atoms with E-state index in [0.717, 1.165) is 4.90 Å². The molecule has 2 aliphatic heterocycles. The Labute approximate surface area is 208 Å². The molecule has 2 amide bonds. The highest BCUT2D eigenvalue weighted by Gasteiger charge is 2.74. The van der Waals surface area contributed by atoms with E-state index in [9.17, 15) is 29.3 Å². The van der Waals surface area contributed by atoms with Gasteiger partial charge in [-0.3, -0.25) is 29.3 Å². The number of hydrogen-bond donors (Lipinski definition) is 0. The lowest BCUT2D eigenvalue weighted by Crippen LogP contribution is -2.51. The maximum atomic E-state index is 13.8. The molecule has 3 aromatic carbocycles. The van der Waals surface area contributed by atoms with Crippen molar-refractivity contribution in [3.8, 4) is 0 Å². The minimum atomic E-state index is -2.21. The Balaban J connectivity index is 1.52. The number of nitro benzene ring substituents is 1. The molecule has 178 valence electrons. The largest absolute Gasteiger partial charge is 0.349 e. The van der Waals surface area contributed by atoms with Crippen molar-refractivity contribution in [2.45, 2.75) is 11.7 Å². The summed E-state index contributed by atoms with van der Waals surface area (Å²) in [5.41, 5.74) is -1.57. The predicted molar refractivity (Wildman–Crippen MR) is 126 cm³/mol. The summed E-state index contributed by atoms with van der Waals surface area (Å²) in [6.07, 6.45) is -1.16. The van der Waals surface area contributed by atoms with Gasteiger partial charge < -0.3 is 4.74 Å². The van der Waals surface area contributed by atoms with Crippen molar-refractivity contribution < 1.29 is 28.8 Å². The molecule has 3 aromatic rings. The zero-order valence-corrected chi connectivity index (χ0v) is 19.0. The highest BCUT2D eigenvalue weighted by Crippen LogP contribution is 2.57. The number of carbonyl (C=O) groups is 4. The van der Waals surface area contributed by atoms with E-state index in [1.165, 1.54) is 60.7 Å². The van der Waals surface area contributed by atoms with E-state index >= 15 is 0 Å².